The fourth-order valence-corrected chi connectivity index (χ4v) is 1.58. The highest BCUT2D eigenvalue weighted by Crippen LogP contribution is 2.31. The van der Waals surface area contributed by atoms with Crippen LogP contribution in [-0.4, -0.2) is 31.6 Å². The Balaban J connectivity index is 1.82. The molecule has 0 bridgehead atoms. The first-order chi connectivity index (χ1) is 8.53. The largest absolute Gasteiger partial charge is 0.485 e. The zero-order valence-electron chi connectivity index (χ0n) is 11.0. The van der Waals surface area contributed by atoms with E-state index in [1.807, 2.05) is 0 Å². The molecule has 4 nitrogen and oxygen atoms in total. The Labute approximate surface area is 92.1 Å². The minimum atomic E-state index is -1.58. The van der Waals surface area contributed by atoms with Crippen LogP contribution in [0, 0.1) is 0 Å². The first-order valence-electron chi connectivity index (χ1n) is 6.27. The topological polar surface area (TPSA) is 42.8 Å². The molecule has 1 unspecified atom stereocenters. The van der Waals surface area contributed by atoms with Crippen LogP contribution in [0.15, 0.2) is 29.2 Å². The number of hydrogen-bond donors (Lipinski definition) is 1. The number of fused-ring (bicyclic) bond motifs is 1. The minimum Gasteiger partial charge on any atom is -0.485 e. The van der Waals surface area contributed by atoms with Gasteiger partial charge in [-0.1, -0.05) is 12.1 Å². The van der Waals surface area contributed by atoms with Crippen LogP contribution in [0.4, 0.5) is 0 Å². The summed E-state index contributed by atoms with van der Waals surface area (Å²) < 4.78 is 33.7. The number of para-hydroxylation sites is 2. The molecule has 0 aromatic heterocycles. The van der Waals surface area contributed by atoms with E-state index in [1.165, 1.54) is 0 Å². The predicted molar refractivity (Wildman–Crippen MR) is 56.7 cm³/mol. The fourth-order valence-electron chi connectivity index (χ4n) is 1.58. The number of rotatable bonds is 1. The minimum absolute atomic E-state index is 0.153. The Morgan fingerprint density at radius 2 is 2.53 bits per heavy atom. The number of amidine groups is 1. The first-order valence-corrected chi connectivity index (χ1v) is 4.77. The molecular weight excluding hydrogens is 192 g/mol. The number of nitrogens with zero attached hydrogens (tertiary/aromatic N) is 1. The van der Waals surface area contributed by atoms with Crippen LogP contribution < -0.4 is 14.8 Å². The van der Waals surface area contributed by atoms with E-state index in [-0.39, 0.29) is 13.2 Å². The van der Waals surface area contributed by atoms with Crippen LogP contribution in [0.3, 0.4) is 0 Å². The summed E-state index contributed by atoms with van der Waals surface area (Å²) in [6, 6.07) is 5.25. The second kappa shape index (κ2) is 3.46. The molecule has 0 radical (unpaired) electrons. The molecule has 0 saturated carbocycles. The number of nitrogens with one attached hydrogen (secondary N) is 1. The van der Waals surface area contributed by atoms with Crippen LogP contribution in [0.2, 0.25) is 0 Å². The van der Waals surface area contributed by atoms with Crippen LogP contribution in [0.25, 0.3) is 0 Å². The molecule has 0 amide bonds. The van der Waals surface area contributed by atoms with Crippen molar-refractivity contribution >= 4 is 5.84 Å². The second-order valence-electron chi connectivity index (χ2n) is 3.30. The summed E-state index contributed by atoms with van der Waals surface area (Å²) in [6.45, 7) is -1.16. The molecular formula is C11H12N2O2. The third kappa shape index (κ3) is 1.52. The Morgan fingerprint density at radius 1 is 1.53 bits per heavy atom. The van der Waals surface area contributed by atoms with Gasteiger partial charge >= 0.3 is 0 Å². The van der Waals surface area contributed by atoms with Crippen molar-refractivity contribution in [1.82, 2.24) is 5.32 Å². The Bertz CT molecular complexity index is 519. The number of aliphatic imine (C=N–C) groups is 1. The molecule has 1 N–H and O–H groups in total. The maximum absolute atomic E-state index is 7.50. The lowest BCUT2D eigenvalue weighted by molar-refractivity contribution is 0.133. The highest BCUT2D eigenvalue weighted by molar-refractivity contribution is 5.88. The smallest absolute Gasteiger partial charge is 0.189 e. The quantitative estimate of drug-likeness (QED) is 0.741. The molecule has 2 heterocycles. The van der Waals surface area contributed by atoms with Crippen LogP contribution in [0.1, 0.15) is 4.11 Å². The van der Waals surface area contributed by atoms with E-state index in [0.717, 1.165) is 0 Å². The molecule has 0 aliphatic carbocycles. The molecule has 15 heavy (non-hydrogen) atoms. The van der Waals surface area contributed by atoms with Crippen molar-refractivity contribution in [3.05, 3.63) is 24.2 Å². The summed E-state index contributed by atoms with van der Waals surface area (Å²) in [5.41, 5.74) is 0. The van der Waals surface area contributed by atoms with Crippen molar-refractivity contribution in [2.75, 3.05) is 19.6 Å². The molecule has 2 aliphatic rings. The van der Waals surface area contributed by atoms with Gasteiger partial charge in [-0.05, 0) is 12.1 Å². The van der Waals surface area contributed by atoms with Gasteiger partial charge in [-0.25, -0.2) is 0 Å². The van der Waals surface area contributed by atoms with Gasteiger partial charge in [-0.2, -0.15) is 0 Å². The third-order valence-corrected chi connectivity index (χ3v) is 2.30. The van der Waals surface area contributed by atoms with Gasteiger partial charge in [0, 0.05) is 6.54 Å². The molecule has 1 aromatic rings. The Morgan fingerprint density at radius 3 is 3.40 bits per heavy atom. The standard InChI is InChI=1S/C11H12N2O2/c1-2-4-9-8(3-1)14-7-10(15-9)11-12-5-6-13-11/h1-4,10H,5-7H2,(H,12,13)/i1D,5D2. The zero-order valence-corrected chi connectivity index (χ0v) is 7.99. The number of hydrogen-bond acceptors (Lipinski definition) is 4. The first kappa shape index (κ1) is 6.00. The normalized spacial score (nSPS) is 29.5. The lowest BCUT2D eigenvalue weighted by Crippen LogP contribution is -2.42. The summed E-state index contributed by atoms with van der Waals surface area (Å²) in [5, 5.41) is 2.89. The summed E-state index contributed by atoms with van der Waals surface area (Å²) in [6.07, 6.45) is -0.424. The summed E-state index contributed by atoms with van der Waals surface area (Å²) in [7, 11) is 0. The van der Waals surface area contributed by atoms with Crippen LogP contribution in [-0.2, 0) is 0 Å². The average molecular weight is 207 g/mol. The number of benzene rings is 1. The van der Waals surface area contributed by atoms with Gasteiger partial charge in [-0.15, -0.1) is 0 Å². The van der Waals surface area contributed by atoms with Crippen molar-refractivity contribution in [2.24, 2.45) is 4.99 Å². The van der Waals surface area contributed by atoms with E-state index in [4.69, 9.17) is 13.6 Å². The zero-order chi connectivity index (χ0) is 12.8. The molecule has 0 saturated heterocycles. The SMILES string of the molecule is [2H]c1ccc2c(c1)OCC(C1=NC([2H])([2H])CN1)O2. The average Bonchev–Trinajstić information content (AvgIpc) is 2.69. The highest BCUT2D eigenvalue weighted by atomic mass is 16.6. The van der Waals surface area contributed by atoms with Crippen molar-refractivity contribution in [3.63, 3.8) is 0 Å². The molecule has 1 atom stereocenters. The molecule has 0 fully saturated rings. The van der Waals surface area contributed by atoms with Crippen LogP contribution >= 0.6 is 0 Å². The molecule has 4 heteroatoms. The summed E-state index contributed by atoms with van der Waals surface area (Å²) >= 11 is 0. The van der Waals surface area contributed by atoms with E-state index in [0.29, 0.717) is 23.4 Å². The number of ether oxygens (including phenoxy) is 2. The van der Waals surface area contributed by atoms with Gasteiger partial charge < -0.3 is 14.8 Å². The molecule has 78 valence electrons. The van der Waals surface area contributed by atoms with E-state index >= 15 is 0 Å². The van der Waals surface area contributed by atoms with E-state index in [9.17, 15) is 0 Å². The Hall–Kier alpha value is -1.71. The monoisotopic (exact) mass is 207 g/mol. The summed E-state index contributed by atoms with van der Waals surface area (Å²) in [4.78, 5) is 3.93. The highest BCUT2D eigenvalue weighted by Gasteiger charge is 2.26. The van der Waals surface area contributed by atoms with Crippen LogP contribution in [0.5, 0.6) is 11.5 Å². The molecule has 1 aromatic carbocycles. The van der Waals surface area contributed by atoms with E-state index < -0.39 is 12.6 Å². The molecule has 2 aliphatic heterocycles. The van der Waals surface area contributed by atoms with Gasteiger partial charge in [0.1, 0.15) is 12.4 Å². The lowest BCUT2D eigenvalue weighted by Gasteiger charge is -2.26. The Kier molecular flexibility index (Phi) is 1.38. The van der Waals surface area contributed by atoms with Crippen molar-refractivity contribution in [3.8, 4) is 11.5 Å². The fraction of sp³-hybridized carbons (Fsp3) is 0.364. The van der Waals surface area contributed by atoms with Gasteiger partial charge in [0.15, 0.2) is 17.6 Å². The summed E-state index contributed by atoms with van der Waals surface area (Å²) in [5.74, 6) is 1.57. The van der Waals surface area contributed by atoms with Gasteiger partial charge in [0.2, 0.25) is 0 Å². The van der Waals surface area contributed by atoms with Crippen molar-refractivity contribution in [1.29, 1.82) is 0 Å². The second-order valence-corrected chi connectivity index (χ2v) is 3.30. The lowest BCUT2D eigenvalue weighted by atomic mass is 10.2. The molecule has 3 rings (SSSR count). The van der Waals surface area contributed by atoms with Gasteiger partial charge in [0.05, 0.1) is 10.6 Å². The molecule has 0 spiro atoms. The maximum Gasteiger partial charge on any atom is 0.189 e. The maximum atomic E-state index is 7.50. The van der Waals surface area contributed by atoms with Gasteiger partial charge in [0.25, 0.3) is 0 Å². The third-order valence-electron chi connectivity index (χ3n) is 2.30. The van der Waals surface area contributed by atoms with Crippen molar-refractivity contribution in [2.45, 2.75) is 6.10 Å². The van der Waals surface area contributed by atoms with E-state index in [1.54, 1.807) is 18.2 Å². The van der Waals surface area contributed by atoms with E-state index in [2.05, 4.69) is 10.3 Å². The van der Waals surface area contributed by atoms with Gasteiger partial charge in [-0.3, -0.25) is 4.99 Å². The van der Waals surface area contributed by atoms with Crippen molar-refractivity contribution < 1.29 is 13.6 Å². The predicted octanol–water partition coefficient (Wildman–Crippen LogP) is 0.828.